The molecular formula is C11H17BO4. The predicted octanol–water partition coefficient (Wildman–Crippen LogP) is 2.25. The van der Waals surface area contributed by atoms with Gasteiger partial charge in [0, 0.05) is 5.82 Å². The van der Waals surface area contributed by atoms with Gasteiger partial charge in [-0.05, 0) is 38.9 Å². The number of hydrogen-bond donors (Lipinski definition) is 1. The minimum atomic E-state index is -0.858. The lowest BCUT2D eigenvalue weighted by molar-refractivity contribution is -0.137. The average molecular weight is 224 g/mol. The SMILES string of the molecule is CC(C)(C)OC(=O)B1[C@H](C(=O)O)C[C@H]2C[C@@H]12. The van der Waals surface area contributed by atoms with Gasteiger partial charge in [0.2, 0.25) is 0 Å². The normalized spacial score (nSPS) is 32.2. The van der Waals surface area contributed by atoms with E-state index in [1.165, 1.54) is 0 Å². The number of carboxylic acid groups (broad SMARTS) is 1. The van der Waals surface area contributed by atoms with Gasteiger partial charge in [0.05, 0.1) is 0 Å². The molecule has 0 unspecified atom stereocenters. The molecule has 0 aromatic carbocycles. The number of ether oxygens (including phenoxy) is 1. The van der Waals surface area contributed by atoms with E-state index in [9.17, 15) is 9.59 Å². The molecule has 0 aromatic rings. The van der Waals surface area contributed by atoms with Crippen LogP contribution in [-0.4, -0.2) is 29.3 Å². The second kappa shape index (κ2) is 3.50. The van der Waals surface area contributed by atoms with Crippen LogP contribution in [0.1, 0.15) is 33.6 Å². The molecule has 0 radical (unpaired) electrons. The minimum absolute atomic E-state index is 0.260. The van der Waals surface area contributed by atoms with E-state index in [0.717, 1.165) is 6.42 Å². The van der Waals surface area contributed by atoms with Crippen molar-refractivity contribution < 1.29 is 19.4 Å². The summed E-state index contributed by atoms with van der Waals surface area (Å²) in [5.74, 6) is -1.01. The Bertz CT molecular complexity index is 333. The molecule has 0 aromatic heterocycles. The smallest absolute Gasteiger partial charge is 0.299 e. The molecule has 0 bridgehead atoms. The Hall–Kier alpha value is -0.995. The van der Waals surface area contributed by atoms with Crippen LogP contribution in [0, 0.1) is 5.92 Å². The fraction of sp³-hybridized carbons (Fsp3) is 0.818. The van der Waals surface area contributed by atoms with Gasteiger partial charge in [-0.1, -0.05) is 6.42 Å². The monoisotopic (exact) mass is 224 g/mol. The molecule has 2 fully saturated rings. The number of fused-ring (bicyclic) bond motifs is 1. The van der Waals surface area contributed by atoms with Crippen molar-refractivity contribution >= 4 is 18.6 Å². The second-order valence-corrected chi connectivity index (χ2v) is 5.90. The zero-order valence-electron chi connectivity index (χ0n) is 9.90. The summed E-state index contributed by atoms with van der Waals surface area (Å²) >= 11 is 0. The molecule has 0 spiro atoms. The van der Waals surface area contributed by atoms with Crippen LogP contribution in [0.15, 0.2) is 0 Å². The van der Waals surface area contributed by atoms with E-state index in [1.54, 1.807) is 20.8 Å². The number of carboxylic acids is 1. The maximum atomic E-state index is 11.9. The highest BCUT2D eigenvalue weighted by Gasteiger charge is 2.62. The standard InChI is InChI=1S/C11H17BO4/c1-11(2,3)16-10(15)12-7-4-6(7)5-8(12)9(13)14/h6-8H,4-5H2,1-3H3,(H,13,14)/t6-,7-,8+/m1/s1. The molecule has 2 aliphatic rings. The Balaban J connectivity index is 2.07. The number of hydrogen-bond acceptors (Lipinski definition) is 3. The minimum Gasteiger partial charge on any atom is -0.482 e. The van der Waals surface area contributed by atoms with Crippen molar-refractivity contribution in [3.05, 3.63) is 0 Å². The van der Waals surface area contributed by atoms with E-state index in [-0.39, 0.29) is 11.7 Å². The van der Waals surface area contributed by atoms with Gasteiger partial charge in [-0.25, -0.2) is 0 Å². The van der Waals surface area contributed by atoms with Crippen LogP contribution in [-0.2, 0) is 9.53 Å². The topological polar surface area (TPSA) is 63.6 Å². The van der Waals surface area contributed by atoms with Crippen LogP contribution < -0.4 is 0 Å². The van der Waals surface area contributed by atoms with Gasteiger partial charge in [0.25, 0.3) is 18.6 Å². The zero-order chi connectivity index (χ0) is 12.1. The molecule has 4 nitrogen and oxygen atoms in total. The molecule has 1 aliphatic heterocycles. The molecule has 1 saturated heterocycles. The molecule has 16 heavy (non-hydrogen) atoms. The van der Waals surface area contributed by atoms with Crippen molar-refractivity contribution in [3.8, 4) is 0 Å². The van der Waals surface area contributed by atoms with Crippen molar-refractivity contribution in [1.82, 2.24) is 0 Å². The number of carbonyl (C=O) groups is 2. The van der Waals surface area contributed by atoms with Gasteiger partial charge >= 0.3 is 0 Å². The van der Waals surface area contributed by atoms with E-state index >= 15 is 0 Å². The van der Waals surface area contributed by atoms with E-state index < -0.39 is 24.1 Å². The number of aliphatic carboxylic acids is 1. The Kier molecular flexibility index (Phi) is 2.52. The fourth-order valence-corrected chi connectivity index (χ4v) is 2.72. The van der Waals surface area contributed by atoms with Gasteiger partial charge in [-0.15, -0.1) is 0 Å². The summed E-state index contributed by atoms with van der Waals surface area (Å²) < 4.78 is 5.30. The lowest BCUT2D eigenvalue weighted by Gasteiger charge is -2.23. The van der Waals surface area contributed by atoms with Gasteiger partial charge in [0.1, 0.15) is 5.60 Å². The third kappa shape index (κ3) is 2.08. The third-order valence-corrected chi connectivity index (χ3v) is 3.42. The van der Waals surface area contributed by atoms with Gasteiger partial charge < -0.3 is 9.84 Å². The Labute approximate surface area is 95.4 Å². The zero-order valence-corrected chi connectivity index (χ0v) is 9.90. The third-order valence-electron chi connectivity index (χ3n) is 3.42. The van der Waals surface area contributed by atoms with Gasteiger partial charge in [-0.2, -0.15) is 0 Å². The highest BCUT2D eigenvalue weighted by atomic mass is 16.5. The highest BCUT2D eigenvalue weighted by Crippen LogP contribution is 2.61. The van der Waals surface area contributed by atoms with Crippen LogP contribution in [0.2, 0.25) is 11.6 Å². The molecule has 1 N–H and O–H groups in total. The summed E-state index contributed by atoms with van der Waals surface area (Å²) in [6.45, 7) is 5.00. The first-order valence-electron chi connectivity index (χ1n) is 5.75. The quantitative estimate of drug-likeness (QED) is 0.730. The number of carbonyl (C=O) groups excluding carboxylic acids is 1. The van der Waals surface area contributed by atoms with Crippen LogP contribution >= 0.6 is 0 Å². The summed E-state index contributed by atoms with van der Waals surface area (Å²) in [5, 5.41) is 9.06. The molecule has 2 rings (SSSR count). The highest BCUT2D eigenvalue weighted by molar-refractivity contribution is 6.93. The van der Waals surface area contributed by atoms with Crippen LogP contribution in [0.25, 0.3) is 0 Å². The molecule has 0 amide bonds. The molecule has 1 heterocycles. The summed E-state index contributed by atoms with van der Waals surface area (Å²) in [6.07, 6.45) is 1.64. The number of rotatable bonds is 2. The van der Waals surface area contributed by atoms with Crippen molar-refractivity contribution in [1.29, 1.82) is 0 Å². The molecule has 3 atom stereocenters. The van der Waals surface area contributed by atoms with Gasteiger partial charge in [0.15, 0.2) is 0 Å². The average Bonchev–Trinajstić information content (AvgIpc) is 2.73. The first-order valence-corrected chi connectivity index (χ1v) is 5.75. The largest absolute Gasteiger partial charge is 0.482 e. The Morgan fingerprint density at radius 1 is 1.31 bits per heavy atom. The lowest BCUT2D eigenvalue weighted by Crippen LogP contribution is -2.38. The Morgan fingerprint density at radius 3 is 2.44 bits per heavy atom. The molecule has 1 aliphatic carbocycles. The van der Waals surface area contributed by atoms with Crippen molar-refractivity contribution in [2.75, 3.05) is 0 Å². The van der Waals surface area contributed by atoms with Crippen LogP contribution in [0.4, 0.5) is 4.79 Å². The van der Waals surface area contributed by atoms with E-state index in [0.29, 0.717) is 12.3 Å². The predicted molar refractivity (Wildman–Crippen MR) is 59.8 cm³/mol. The second-order valence-electron chi connectivity index (χ2n) is 5.90. The maximum absolute atomic E-state index is 11.9. The molecule has 1 saturated carbocycles. The maximum Gasteiger partial charge on any atom is 0.299 e. The molecule has 88 valence electrons. The van der Waals surface area contributed by atoms with Crippen molar-refractivity contribution in [2.24, 2.45) is 5.92 Å². The summed E-state index contributed by atoms with van der Waals surface area (Å²) in [4.78, 5) is 23.0. The van der Waals surface area contributed by atoms with E-state index in [1.807, 2.05) is 0 Å². The summed E-state index contributed by atoms with van der Waals surface area (Å²) in [6, 6.07) is 0. The molecular weight excluding hydrogens is 207 g/mol. The van der Waals surface area contributed by atoms with E-state index in [4.69, 9.17) is 9.84 Å². The Morgan fingerprint density at radius 2 is 1.94 bits per heavy atom. The van der Waals surface area contributed by atoms with Crippen molar-refractivity contribution in [3.63, 3.8) is 0 Å². The van der Waals surface area contributed by atoms with Crippen LogP contribution in [0.3, 0.4) is 0 Å². The first-order chi connectivity index (χ1) is 7.29. The lowest BCUT2D eigenvalue weighted by atomic mass is 9.39. The summed E-state index contributed by atoms with van der Waals surface area (Å²) in [5.41, 5.74) is -0.535. The molecule has 5 heteroatoms. The van der Waals surface area contributed by atoms with Gasteiger partial charge in [-0.3, -0.25) is 9.59 Å². The van der Waals surface area contributed by atoms with E-state index in [2.05, 4.69) is 0 Å². The first kappa shape index (κ1) is 11.5. The summed E-state index contributed by atoms with van der Waals surface area (Å²) in [7, 11) is 0. The van der Waals surface area contributed by atoms with Crippen molar-refractivity contribution in [2.45, 2.75) is 50.8 Å². The van der Waals surface area contributed by atoms with Crippen LogP contribution in [0.5, 0.6) is 0 Å². The fourth-order valence-electron chi connectivity index (χ4n) is 2.72.